The predicted molar refractivity (Wildman–Crippen MR) is 215 cm³/mol. The molecule has 0 aliphatic heterocycles. The van der Waals surface area contributed by atoms with Crippen LogP contribution in [0.2, 0.25) is 0 Å². The maximum Gasteiger partial charge on any atom is 0.137 e. The molecule has 244 valence electrons. The summed E-state index contributed by atoms with van der Waals surface area (Å²) < 4.78 is 15.1. The summed E-state index contributed by atoms with van der Waals surface area (Å²) in [5.74, 6) is 0. The zero-order valence-corrected chi connectivity index (χ0v) is 28.0. The Balaban J connectivity index is 1.12. The molecule has 11 aromatic rings. The fraction of sp³-hybridized carbons (Fsp3) is 0. The third-order valence-electron chi connectivity index (χ3n) is 10.4. The van der Waals surface area contributed by atoms with Gasteiger partial charge < -0.3 is 18.3 Å². The molecule has 3 heterocycles. The Kier molecular flexibility index (Phi) is 6.22. The fourth-order valence-corrected chi connectivity index (χ4v) is 8.10. The number of nitrogens with zero attached hydrogens (tertiary/aromatic N) is 2. The normalized spacial score (nSPS) is 11.8. The number of aromatic nitrogens is 1. The van der Waals surface area contributed by atoms with Crippen molar-refractivity contribution in [2.45, 2.75) is 0 Å². The third-order valence-corrected chi connectivity index (χ3v) is 10.4. The Morgan fingerprint density at radius 3 is 1.54 bits per heavy atom. The van der Waals surface area contributed by atoms with Gasteiger partial charge in [0.2, 0.25) is 0 Å². The van der Waals surface area contributed by atoms with Crippen molar-refractivity contribution in [3.8, 4) is 16.8 Å². The summed E-state index contributed by atoms with van der Waals surface area (Å²) in [6, 6.07) is 64.3. The first-order chi connectivity index (χ1) is 25.8. The van der Waals surface area contributed by atoms with E-state index in [-0.39, 0.29) is 0 Å². The van der Waals surface area contributed by atoms with Crippen LogP contribution >= 0.6 is 0 Å². The molecule has 0 spiro atoms. The minimum atomic E-state index is 0.853. The van der Waals surface area contributed by atoms with Crippen LogP contribution in [-0.4, -0.2) is 4.57 Å². The second-order valence-electron chi connectivity index (χ2n) is 13.3. The number of hydrogen-bond acceptors (Lipinski definition) is 3. The minimum absolute atomic E-state index is 0.853. The van der Waals surface area contributed by atoms with Crippen molar-refractivity contribution in [1.29, 1.82) is 0 Å². The summed E-state index contributed by atoms with van der Waals surface area (Å²) in [4.78, 5) is 2.36. The van der Waals surface area contributed by atoms with Crippen LogP contribution in [0.25, 0.3) is 82.5 Å². The van der Waals surface area contributed by atoms with Gasteiger partial charge in [-0.15, -0.1) is 0 Å². The van der Waals surface area contributed by atoms with Gasteiger partial charge in [-0.05, 0) is 83.9 Å². The molecule has 0 aliphatic carbocycles. The molecule has 0 amide bonds. The van der Waals surface area contributed by atoms with E-state index in [0.29, 0.717) is 0 Å². The fourth-order valence-electron chi connectivity index (χ4n) is 8.10. The van der Waals surface area contributed by atoms with Gasteiger partial charge in [-0.25, -0.2) is 0 Å². The number of rotatable bonds is 5. The smallest absolute Gasteiger partial charge is 0.137 e. The average molecular weight is 667 g/mol. The first kappa shape index (κ1) is 28.8. The van der Waals surface area contributed by atoms with Gasteiger partial charge in [-0.2, -0.15) is 0 Å². The molecule has 0 saturated heterocycles. The summed E-state index contributed by atoms with van der Waals surface area (Å²) >= 11 is 0. The molecule has 0 radical (unpaired) electrons. The van der Waals surface area contributed by atoms with Gasteiger partial charge in [-0.3, -0.25) is 0 Å². The molecule has 0 aliphatic rings. The first-order valence-corrected chi connectivity index (χ1v) is 17.6. The zero-order chi connectivity index (χ0) is 34.2. The largest absolute Gasteiger partial charge is 0.456 e. The van der Waals surface area contributed by atoms with Crippen LogP contribution in [0.4, 0.5) is 17.1 Å². The van der Waals surface area contributed by atoms with Gasteiger partial charge in [-0.1, -0.05) is 109 Å². The van der Waals surface area contributed by atoms with E-state index in [1.165, 1.54) is 21.8 Å². The second-order valence-corrected chi connectivity index (χ2v) is 13.3. The maximum absolute atomic E-state index is 6.39. The van der Waals surface area contributed by atoms with Crippen molar-refractivity contribution in [2.24, 2.45) is 0 Å². The molecule has 11 rings (SSSR count). The van der Waals surface area contributed by atoms with E-state index in [1.807, 2.05) is 24.3 Å². The van der Waals surface area contributed by atoms with Crippen LogP contribution in [0.15, 0.2) is 191 Å². The van der Waals surface area contributed by atoms with Gasteiger partial charge in [0.1, 0.15) is 22.3 Å². The number of benzene rings is 8. The number of fused-ring (bicyclic) bond motifs is 9. The van der Waals surface area contributed by atoms with Gasteiger partial charge in [0.05, 0.1) is 33.2 Å². The quantitative estimate of drug-likeness (QED) is 0.183. The van der Waals surface area contributed by atoms with Crippen LogP contribution in [0.1, 0.15) is 0 Å². The summed E-state index contributed by atoms with van der Waals surface area (Å²) in [5, 5.41) is 6.81. The van der Waals surface area contributed by atoms with Crippen LogP contribution < -0.4 is 4.90 Å². The molecular weight excluding hydrogens is 637 g/mol. The lowest BCUT2D eigenvalue weighted by molar-refractivity contribution is 0.668. The Labute approximate surface area is 299 Å². The summed E-state index contributed by atoms with van der Waals surface area (Å²) in [5.41, 5.74) is 12.4. The molecule has 0 fully saturated rings. The Bertz CT molecular complexity index is 3020. The number of furan rings is 2. The van der Waals surface area contributed by atoms with Crippen molar-refractivity contribution in [3.63, 3.8) is 0 Å². The molecule has 4 nitrogen and oxygen atoms in total. The molecule has 0 atom stereocenters. The molecule has 0 saturated carbocycles. The minimum Gasteiger partial charge on any atom is -0.456 e. The van der Waals surface area contributed by atoms with Crippen LogP contribution in [0.3, 0.4) is 0 Å². The Morgan fingerprint density at radius 2 is 0.885 bits per heavy atom. The van der Waals surface area contributed by atoms with E-state index >= 15 is 0 Å². The third kappa shape index (κ3) is 4.28. The second kappa shape index (κ2) is 11.2. The van der Waals surface area contributed by atoms with Gasteiger partial charge in [0.15, 0.2) is 0 Å². The van der Waals surface area contributed by atoms with Gasteiger partial charge in [0.25, 0.3) is 0 Å². The van der Waals surface area contributed by atoms with E-state index in [0.717, 1.165) is 77.8 Å². The number of para-hydroxylation sites is 4. The topological polar surface area (TPSA) is 34.5 Å². The standard InChI is InChI=1S/C48H30N2O2/c1-2-12-33(13-3-1)49-39-17-7-4-14-35(39)36-29-26-32(30-42(36)49)31-24-27-34(28-25-31)50(40-18-10-22-45-47(40)37-15-5-8-20-43(37)51-45)41-19-11-23-46-48(41)38-16-6-9-21-44(38)52-46/h1-30H. The molecule has 3 aromatic heterocycles. The lowest BCUT2D eigenvalue weighted by atomic mass is 10.0. The molecule has 0 N–H and O–H groups in total. The van der Waals surface area contributed by atoms with Crippen molar-refractivity contribution < 1.29 is 8.83 Å². The maximum atomic E-state index is 6.39. The molecule has 4 heteroatoms. The molecule has 0 unspecified atom stereocenters. The van der Waals surface area contributed by atoms with Crippen molar-refractivity contribution in [2.75, 3.05) is 4.90 Å². The van der Waals surface area contributed by atoms with Crippen molar-refractivity contribution in [1.82, 2.24) is 4.57 Å². The summed E-state index contributed by atoms with van der Waals surface area (Å²) in [7, 11) is 0. The molecular formula is C48H30N2O2. The highest BCUT2D eigenvalue weighted by Gasteiger charge is 2.23. The monoisotopic (exact) mass is 666 g/mol. The molecule has 8 aromatic carbocycles. The van der Waals surface area contributed by atoms with E-state index in [4.69, 9.17) is 8.83 Å². The highest BCUT2D eigenvalue weighted by Crippen LogP contribution is 2.47. The average Bonchev–Trinajstić information content (AvgIpc) is 3.88. The Hall–Kier alpha value is -7.04. The number of hydrogen-bond donors (Lipinski definition) is 0. The van der Waals surface area contributed by atoms with Crippen molar-refractivity contribution >= 4 is 82.7 Å². The van der Waals surface area contributed by atoms with E-state index in [2.05, 4.69) is 167 Å². The van der Waals surface area contributed by atoms with E-state index in [1.54, 1.807) is 0 Å². The van der Waals surface area contributed by atoms with Gasteiger partial charge >= 0.3 is 0 Å². The van der Waals surface area contributed by atoms with Gasteiger partial charge in [0, 0.05) is 32.9 Å². The summed E-state index contributed by atoms with van der Waals surface area (Å²) in [6.07, 6.45) is 0. The Morgan fingerprint density at radius 1 is 0.365 bits per heavy atom. The summed E-state index contributed by atoms with van der Waals surface area (Å²) in [6.45, 7) is 0. The highest BCUT2D eigenvalue weighted by atomic mass is 16.3. The zero-order valence-electron chi connectivity index (χ0n) is 28.0. The van der Waals surface area contributed by atoms with E-state index < -0.39 is 0 Å². The van der Waals surface area contributed by atoms with Crippen LogP contribution in [0.5, 0.6) is 0 Å². The van der Waals surface area contributed by atoms with Crippen LogP contribution in [-0.2, 0) is 0 Å². The predicted octanol–water partition coefficient (Wildman–Crippen LogP) is 13.7. The van der Waals surface area contributed by atoms with E-state index in [9.17, 15) is 0 Å². The first-order valence-electron chi connectivity index (χ1n) is 17.6. The molecule has 52 heavy (non-hydrogen) atoms. The lowest BCUT2D eigenvalue weighted by Crippen LogP contribution is -2.10. The van der Waals surface area contributed by atoms with Crippen molar-refractivity contribution in [3.05, 3.63) is 182 Å². The SMILES string of the molecule is c1ccc(-n2c3ccccc3c3ccc(-c4ccc(N(c5cccc6oc7ccccc7c56)c5cccc6oc7ccccc7c56)cc4)cc32)cc1. The lowest BCUT2D eigenvalue weighted by Gasteiger charge is -2.27. The molecule has 0 bridgehead atoms. The number of anilines is 3. The highest BCUT2D eigenvalue weighted by molar-refractivity contribution is 6.18. The van der Waals surface area contributed by atoms with Crippen LogP contribution in [0, 0.1) is 0 Å².